The Morgan fingerprint density at radius 3 is 2.65 bits per heavy atom. The lowest BCUT2D eigenvalue weighted by Gasteiger charge is -2.18. The Hall–Kier alpha value is -3.48. The maximum atomic E-state index is 13.5. The zero-order valence-electron chi connectivity index (χ0n) is 13.3. The van der Waals surface area contributed by atoms with Crippen molar-refractivity contribution in [3.8, 4) is 5.75 Å². The van der Waals surface area contributed by atoms with Crippen molar-refractivity contribution in [2.75, 3.05) is 0 Å². The number of benzene rings is 2. The van der Waals surface area contributed by atoms with Crippen LogP contribution in [0, 0.1) is 11.6 Å². The predicted molar refractivity (Wildman–Crippen MR) is 89.9 cm³/mol. The van der Waals surface area contributed by atoms with E-state index in [0.717, 1.165) is 17.5 Å². The van der Waals surface area contributed by atoms with E-state index in [1.807, 2.05) is 0 Å². The summed E-state index contributed by atoms with van der Waals surface area (Å²) in [4.78, 5) is 18.4. The fourth-order valence-electron chi connectivity index (χ4n) is 2.65. The molecule has 1 unspecified atom stereocenters. The van der Waals surface area contributed by atoms with Gasteiger partial charge in [-0.15, -0.1) is 0 Å². The largest absolute Gasteiger partial charge is 0.479 e. The van der Waals surface area contributed by atoms with Gasteiger partial charge in [0.15, 0.2) is 17.7 Å². The molecule has 4 aromatic rings. The molecular weight excluding hydrogens is 342 g/mol. The van der Waals surface area contributed by atoms with Crippen molar-refractivity contribution in [1.29, 1.82) is 0 Å². The van der Waals surface area contributed by atoms with Gasteiger partial charge >= 0.3 is 5.63 Å². The van der Waals surface area contributed by atoms with Crippen molar-refractivity contribution in [1.82, 2.24) is 9.97 Å². The number of aromatic nitrogens is 2. The molecule has 0 bridgehead atoms. The molecule has 7 heteroatoms. The predicted octanol–water partition coefficient (Wildman–Crippen LogP) is 3.96. The van der Waals surface area contributed by atoms with E-state index in [2.05, 4.69) is 9.97 Å². The van der Waals surface area contributed by atoms with Crippen LogP contribution < -0.4 is 10.4 Å². The van der Waals surface area contributed by atoms with Gasteiger partial charge in [-0.25, -0.2) is 18.6 Å². The van der Waals surface area contributed by atoms with Gasteiger partial charge in [-0.3, -0.25) is 0 Å². The standard InChI is InChI=1S/C19H12F2N2O3/c20-14-5-4-13(8-15(14)21)25-19(16-9-22-10-23-16)12-2-1-11-3-6-18(24)26-17(11)7-12/h1-10,19H,(H,22,23). The first-order valence-electron chi connectivity index (χ1n) is 7.74. The molecular formula is C19H12F2N2O3. The third kappa shape index (κ3) is 3.06. The van der Waals surface area contributed by atoms with Crippen LogP contribution >= 0.6 is 0 Å². The fourth-order valence-corrected chi connectivity index (χ4v) is 2.65. The van der Waals surface area contributed by atoms with E-state index in [4.69, 9.17) is 9.15 Å². The van der Waals surface area contributed by atoms with Crippen molar-refractivity contribution in [2.45, 2.75) is 6.10 Å². The second-order valence-corrected chi connectivity index (χ2v) is 5.63. The summed E-state index contributed by atoms with van der Waals surface area (Å²) in [6.45, 7) is 0. The van der Waals surface area contributed by atoms with Gasteiger partial charge in [-0.05, 0) is 24.3 Å². The molecule has 2 heterocycles. The highest BCUT2D eigenvalue weighted by Gasteiger charge is 2.19. The zero-order valence-corrected chi connectivity index (χ0v) is 13.3. The van der Waals surface area contributed by atoms with E-state index in [9.17, 15) is 13.6 Å². The summed E-state index contributed by atoms with van der Waals surface area (Å²) in [5.41, 5.74) is 1.19. The molecule has 1 atom stereocenters. The molecule has 0 aliphatic carbocycles. The summed E-state index contributed by atoms with van der Waals surface area (Å²) in [6.07, 6.45) is 2.37. The first-order valence-corrected chi connectivity index (χ1v) is 7.74. The third-order valence-corrected chi connectivity index (χ3v) is 3.90. The molecule has 0 saturated carbocycles. The molecule has 5 nitrogen and oxygen atoms in total. The molecule has 0 fully saturated rings. The Bertz CT molecular complexity index is 1120. The third-order valence-electron chi connectivity index (χ3n) is 3.90. The Morgan fingerprint density at radius 1 is 1.04 bits per heavy atom. The van der Waals surface area contributed by atoms with Gasteiger partial charge in [0, 0.05) is 23.1 Å². The monoisotopic (exact) mass is 354 g/mol. The smallest absolute Gasteiger partial charge is 0.336 e. The van der Waals surface area contributed by atoms with Gasteiger partial charge in [-0.2, -0.15) is 0 Å². The highest BCUT2D eigenvalue weighted by Crippen LogP contribution is 2.29. The number of imidazole rings is 1. The second-order valence-electron chi connectivity index (χ2n) is 5.63. The van der Waals surface area contributed by atoms with E-state index < -0.39 is 23.4 Å². The molecule has 2 aromatic heterocycles. The maximum absolute atomic E-state index is 13.5. The van der Waals surface area contributed by atoms with Crippen LogP contribution in [0.4, 0.5) is 8.78 Å². The van der Waals surface area contributed by atoms with Crippen molar-refractivity contribution in [3.63, 3.8) is 0 Å². The average Bonchev–Trinajstić information content (AvgIpc) is 3.16. The number of ether oxygens (including phenoxy) is 1. The van der Waals surface area contributed by atoms with Gasteiger partial charge in [-0.1, -0.05) is 12.1 Å². The lowest BCUT2D eigenvalue weighted by Crippen LogP contribution is -2.10. The molecule has 2 aromatic carbocycles. The molecule has 26 heavy (non-hydrogen) atoms. The Morgan fingerprint density at radius 2 is 1.88 bits per heavy atom. The van der Waals surface area contributed by atoms with Crippen LogP contribution in [0.15, 0.2) is 70.3 Å². The summed E-state index contributed by atoms with van der Waals surface area (Å²) < 4.78 is 37.7. The minimum absolute atomic E-state index is 0.151. The SMILES string of the molecule is O=c1ccc2ccc(C(Oc3ccc(F)c(F)c3)c3cnc[nH]3)cc2o1. The van der Waals surface area contributed by atoms with Crippen LogP contribution in [0.5, 0.6) is 5.75 Å². The number of nitrogens with one attached hydrogen (secondary N) is 1. The summed E-state index contributed by atoms with van der Waals surface area (Å²) in [5, 5.41) is 0.754. The van der Waals surface area contributed by atoms with E-state index in [1.54, 1.807) is 30.5 Å². The second kappa shape index (κ2) is 6.44. The lowest BCUT2D eigenvalue weighted by molar-refractivity contribution is 0.241. The van der Waals surface area contributed by atoms with Crippen LogP contribution in [0.1, 0.15) is 17.4 Å². The fraction of sp³-hybridized carbons (Fsp3) is 0.0526. The summed E-state index contributed by atoms with van der Waals surface area (Å²) >= 11 is 0. The number of halogens is 2. The van der Waals surface area contributed by atoms with Crippen LogP contribution in [0.3, 0.4) is 0 Å². The maximum Gasteiger partial charge on any atom is 0.336 e. The molecule has 0 aliphatic heterocycles. The molecule has 4 rings (SSSR count). The first kappa shape index (κ1) is 16.0. The van der Waals surface area contributed by atoms with Crippen molar-refractivity contribution in [2.24, 2.45) is 0 Å². The van der Waals surface area contributed by atoms with Gasteiger partial charge in [0.2, 0.25) is 0 Å². The summed E-state index contributed by atoms with van der Waals surface area (Å²) in [6, 6.07) is 11.6. The van der Waals surface area contributed by atoms with Crippen molar-refractivity contribution >= 4 is 11.0 Å². The molecule has 0 saturated heterocycles. The van der Waals surface area contributed by atoms with Crippen LogP contribution in [-0.2, 0) is 0 Å². The Balaban J connectivity index is 1.78. The number of H-pyrrole nitrogens is 1. The first-order chi connectivity index (χ1) is 12.6. The van der Waals surface area contributed by atoms with E-state index in [-0.39, 0.29) is 5.75 Å². The van der Waals surface area contributed by atoms with Crippen LogP contribution in [-0.4, -0.2) is 9.97 Å². The zero-order chi connectivity index (χ0) is 18.1. The molecule has 0 amide bonds. The molecule has 0 radical (unpaired) electrons. The van der Waals surface area contributed by atoms with Crippen molar-refractivity contribution in [3.05, 3.63) is 94.4 Å². The minimum atomic E-state index is -1.00. The number of nitrogens with zero attached hydrogens (tertiary/aromatic N) is 1. The lowest BCUT2D eigenvalue weighted by atomic mass is 10.0. The quantitative estimate of drug-likeness (QED) is 0.563. The summed E-state index contributed by atoms with van der Waals surface area (Å²) in [7, 11) is 0. The van der Waals surface area contributed by atoms with Gasteiger partial charge in [0.1, 0.15) is 11.3 Å². The number of aromatic amines is 1. The van der Waals surface area contributed by atoms with Gasteiger partial charge < -0.3 is 14.1 Å². The van der Waals surface area contributed by atoms with Gasteiger partial charge in [0.05, 0.1) is 18.2 Å². The topological polar surface area (TPSA) is 68.1 Å². The highest BCUT2D eigenvalue weighted by molar-refractivity contribution is 5.77. The van der Waals surface area contributed by atoms with Crippen LogP contribution in [0.25, 0.3) is 11.0 Å². The summed E-state index contributed by atoms with van der Waals surface area (Å²) in [5.74, 6) is -1.81. The van der Waals surface area contributed by atoms with Crippen LogP contribution in [0.2, 0.25) is 0 Å². The van der Waals surface area contributed by atoms with E-state index in [0.29, 0.717) is 16.8 Å². The molecule has 130 valence electrons. The number of fused-ring (bicyclic) bond motifs is 1. The van der Waals surface area contributed by atoms with E-state index in [1.165, 1.54) is 18.5 Å². The Labute approximate surface area is 145 Å². The van der Waals surface area contributed by atoms with Gasteiger partial charge in [0.25, 0.3) is 0 Å². The number of hydrogen-bond donors (Lipinski definition) is 1. The average molecular weight is 354 g/mol. The minimum Gasteiger partial charge on any atom is -0.479 e. The van der Waals surface area contributed by atoms with E-state index >= 15 is 0 Å². The Kier molecular flexibility index (Phi) is 3.96. The normalized spacial score (nSPS) is 12.2. The molecule has 1 N–H and O–H groups in total. The molecule has 0 spiro atoms. The number of hydrogen-bond acceptors (Lipinski definition) is 4. The highest BCUT2D eigenvalue weighted by atomic mass is 19.2. The van der Waals surface area contributed by atoms with Crippen molar-refractivity contribution < 1.29 is 17.9 Å². The molecule has 0 aliphatic rings. The number of rotatable bonds is 4.